The zero-order valence-corrected chi connectivity index (χ0v) is 13.5. The maximum Gasteiger partial charge on any atom is 0.146 e. The summed E-state index contributed by atoms with van der Waals surface area (Å²) >= 11 is 1.77. The van der Waals surface area contributed by atoms with Gasteiger partial charge in [-0.2, -0.15) is 0 Å². The molecular weight excluding hydrogens is 268 g/mol. The number of fused-ring (bicyclic) bond motifs is 1. The lowest BCUT2D eigenvalue weighted by Crippen LogP contribution is -2.22. The fourth-order valence-electron chi connectivity index (χ4n) is 2.59. The van der Waals surface area contributed by atoms with E-state index in [1.807, 2.05) is 7.05 Å². The largest absolute Gasteiger partial charge is 0.372 e. The van der Waals surface area contributed by atoms with Crippen LogP contribution in [0.5, 0.6) is 0 Å². The van der Waals surface area contributed by atoms with Crippen LogP contribution < -0.4 is 5.32 Å². The van der Waals surface area contributed by atoms with Crippen LogP contribution in [0, 0.1) is 19.8 Å². The molecule has 0 saturated heterocycles. The molecule has 2 heterocycles. The smallest absolute Gasteiger partial charge is 0.146 e. The molecule has 1 saturated carbocycles. The molecule has 0 spiro atoms. The Bertz CT molecular complexity index is 630. The SMILES string of the molecule is CNc1nc(CN(C)CC2CC2)nc2sc(C)c(C)c12. The number of aromatic nitrogens is 2. The molecule has 1 fully saturated rings. The van der Waals surface area contributed by atoms with Crippen LogP contribution in [0.15, 0.2) is 0 Å². The van der Waals surface area contributed by atoms with Crippen LogP contribution >= 0.6 is 11.3 Å². The van der Waals surface area contributed by atoms with Gasteiger partial charge in [-0.3, -0.25) is 4.90 Å². The molecule has 1 aliphatic rings. The zero-order chi connectivity index (χ0) is 14.3. The molecule has 2 aromatic heterocycles. The second-order valence-electron chi connectivity index (χ2n) is 5.84. The van der Waals surface area contributed by atoms with Gasteiger partial charge in [0.2, 0.25) is 0 Å². The lowest BCUT2D eigenvalue weighted by Gasteiger charge is -2.15. The van der Waals surface area contributed by atoms with E-state index in [0.717, 1.165) is 28.9 Å². The molecule has 3 rings (SSSR count). The van der Waals surface area contributed by atoms with Crippen molar-refractivity contribution in [2.45, 2.75) is 33.2 Å². The lowest BCUT2D eigenvalue weighted by molar-refractivity contribution is 0.306. The fraction of sp³-hybridized carbons (Fsp3) is 0.600. The third-order valence-corrected chi connectivity index (χ3v) is 5.09. The zero-order valence-electron chi connectivity index (χ0n) is 12.7. The molecule has 1 N–H and O–H groups in total. The molecule has 4 nitrogen and oxygen atoms in total. The van der Waals surface area contributed by atoms with Gasteiger partial charge in [0.05, 0.1) is 11.9 Å². The molecule has 2 aromatic rings. The number of nitrogens with one attached hydrogen (secondary N) is 1. The predicted molar refractivity (Wildman–Crippen MR) is 85.5 cm³/mol. The highest BCUT2D eigenvalue weighted by Crippen LogP contribution is 2.33. The summed E-state index contributed by atoms with van der Waals surface area (Å²) in [6.07, 6.45) is 2.77. The van der Waals surface area contributed by atoms with E-state index in [1.165, 1.54) is 35.2 Å². The number of aryl methyl sites for hydroxylation is 2. The molecule has 0 aromatic carbocycles. The van der Waals surface area contributed by atoms with Crippen molar-refractivity contribution >= 4 is 27.4 Å². The molecule has 0 unspecified atom stereocenters. The maximum absolute atomic E-state index is 4.76. The summed E-state index contributed by atoms with van der Waals surface area (Å²) in [7, 11) is 4.10. The first-order chi connectivity index (χ1) is 9.58. The molecule has 0 aliphatic heterocycles. The highest BCUT2D eigenvalue weighted by Gasteiger charge is 2.23. The van der Waals surface area contributed by atoms with Gasteiger partial charge in [0.15, 0.2) is 0 Å². The quantitative estimate of drug-likeness (QED) is 0.918. The fourth-order valence-corrected chi connectivity index (χ4v) is 3.64. The molecular formula is C15H22N4S. The summed E-state index contributed by atoms with van der Waals surface area (Å²) in [6.45, 7) is 6.30. The Balaban J connectivity index is 1.91. The minimum Gasteiger partial charge on any atom is -0.372 e. The number of hydrogen-bond donors (Lipinski definition) is 1. The van der Waals surface area contributed by atoms with Crippen LogP contribution in [0.1, 0.15) is 29.1 Å². The van der Waals surface area contributed by atoms with Crippen molar-refractivity contribution in [3.05, 3.63) is 16.3 Å². The van der Waals surface area contributed by atoms with Crippen molar-refractivity contribution in [1.82, 2.24) is 14.9 Å². The third-order valence-electron chi connectivity index (χ3n) is 3.99. The summed E-state index contributed by atoms with van der Waals surface area (Å²) < 4.78 is 0. The minimum atomic E-state index is 0.830. The molecule has 0 atom stereocenters. The van der Waals surface area contributed by atoms with Gasteiger partial charge >= 0.3 is 0 Å². The number of nitrogens with zero attached hydrogens (tertiary/aromatic N) is 3. The Morgan fingerprint density at radius 3 is 2.70 bits per heavy atom. The van der Waals surface area contributed by atoms with E-state index in [-0.39, 0.29) is 0 Å². The summed E-state index contributed by atoms with van der Waals surface area (Å²) in [6, 6.07) is 0. The Labute approximate surface area is 124 Å². The summed E-state index contributed by atoms with van der Waals surface area (Å²) in [5.41, 5.74) is 1.30. The van der Waals surface area contributed by atoms with Crippen LogP contribution in [-0.4, -0.2) is 35.5 Å². The van der Waals surface area contributed by atoms with Crippen molar-refractivity contribution in [2.75, 3.05) is 26.0 Å². The number of hydrogen-bond acceptors (Lipinski definition) is 5. The summed E-state index contributed by atoms with van der Waals surface area (Å²) in [5, 5.41) is 4.41. The van der Waals surface area contributed by atoms with Gasteiger partial charge in [-0.05, 0) is 45.2 Å². The molecule has 5 heteroatoms. The Kier molecular flexibility index (Phi) is 3.65. The van der Waals surface area contributed by atoms with E-state index in [9.17, 15) is 0 Å². The van der Waals surface area contributed by atoms with E-state index >= 15 is 0 Å². The van der Waals surface area contributed by atoms with Gasteiger partial charge < -0.3 is 5.32 Å². The maximum atomic E-state index is 4.76. The van der Waals surface area contributed by atoms with E-state index < -0.39 is 0 Å². The van der Waals surface area contributed by atoms with Crippen molar-refractivity contribution in [1.29, 1.82) is 0 Å². The first-order valence-corrected chi connectivity index (χ1v) is 8.03. The van der Waals surface area contributed by atoms with Crippen LogP contribution in [0.3, 0.4) is 0 Å². The summed E-state index contributed by atoms with van der Waals surface area (Å²) in [4.78, 5) is 14.2. The van der Waals surface area contributed by atoms with Gasteiger partial charge in [-0.1, -0.05) is 0 Å². The summed E-state index contributed by atoms with van der Waals surface area (Å²) in [5.74, 6) is 2.79. The van der Waals surface area contributed by atoms with Crippen molar-refractivity contribution in [3.63, 3.8) is 0 Å². The molecule has 20 heavy (non-hydrogen) atoms. The van der Waals surface area contributed by atoms with Crippen molar-refractivity contribution in [3.8, 4) is 0 Å². The second kappa shape index (κ2) is 5.30. The first-order valence-electron chi connectivity index (χ1n) is 7.21. The Hall–Kier alpha value is -1.20. The molecule has 1 aliphatic carbocycles. The average molecular weight is 290 g/mol. The van der Waals surface area contributed by atoms with E-state index in [4.69, 9.17) is 9.97 Å². The molecule has 0 radical (unpaired) electrons. The van der Waals surface area contributed by atoms with Crippen LogP contribution in [0.25, 0.3) is 10.2 Å². The monoisotopic (exact) mass is 290 g/mol. The topological polar surface area (TPSA) is 41.1 Å². The van der Waals surface area contributed by atoms with Gasteiger partial charge in [-0.15, -0.1) is 11.3 Å². The average Bonchev–Trinajstić information content (AvgIpc) is 3.15. The van der Waals surface area contributed by atoms with Crippen LogP contribution in [0.2, 0.25) is 0 Å². The number of thiophene rings is 1. The van der Waals surface area contributed by atoms with E-state index in [0.29, 0.717) is 0 Å². The van der Waals surface area contributed by atoms with E-state index in [2.05, 4.69) is 31.1 Å². The first kappa shape index (κ1) is 13.8. The highest BCUT2D eigenvalue weighted by molar-refractivity contribution is 7.18. The van der Waals surface area contributed by atoms with Gasteiger partial charge in [-0.25, -0.2) is 9.97 Å². The normalized spacial score (nSPS) is 15.2. The van der Waals surface area contributed by atoms with Gasteiger partial charge in [0, 0.05) is 18.5 Å². The minimum absolute atomic E-state index is 0.830. The molecule has 108 valence electrons. The van der Waals surface area contributed by atoms with Gasteiger partial charge in [0.1, 0.15) is 16.5 Å². The van der Waals surface area contributed by atoms with E-state index in [1.54, 1.807) is 11.3 Å². The standard InChI is InChI=1S/C15H22N4S/c1-9-10(2)20-15-13(9)14(16-3)17-12(18-15)8-19(4)7-11-5-6-11/h11H,5-8H2,1-4H3,(H,16,17,18). The Morgan fingerprint density at radius 1 is 1.30 bits per heavy atom. The van der Waals surface area contributed by atoms with Crippen LogP contribution in [0.4, 0.5) is 5.82 Å². The number of anilines is 1. The van der Waals surface area contributed by atoms with Gasteiger partial charge in [0.25, 0.3) is 0 Å². The second-order valence-corrected chi connectivity index (χ2v) is 7.05. The van der Waals surface area contributed by atoms with Crippen LogP contribution in [-0.2, 0) is 6.54 Å². The number of rotatable bonds is 5. The molecule has 0 bridgehead atoms. The highest BCUT2D eigenvalue weighted by atomic mass is 32.1. The Morgan fingerprint density at radius 2 is 2.05 bits per heavy atom. The lowest BCUT2D eigenvalue weighted by atomic mass is 10.2. The van der Waals surface area contributed by atoms with Crippen molar-refractivity contribution < 1.29 is 0 Å². The molecule has 0 amide bonds. The third kappa shape index (κ3) is 2.65. The van der Waals surface area contributed by atoms with Crippen molar-refractivity contribution in [2.24, 2.45) is 5.92 Å². The predicted octanol–water partition coefficient (Wildman–Crippen LogP) is 3.19.